The van der Waals surface area contributed by atoms with Gasteiger partial charge in [-0.1, -0.05) is 188 Å². The number of thiophene rings is 1. The molecule has 0 atom stereocenters. The van der Waals surface area contributed by atoms with E-state index in [0.717, 1.165) is 39.7 Å². The molecule has 0 bridgehead atoms. The van der Waals surface area contributed by atoms with Crippen molar-refractivity contribution in [2.75, 3.05) is 9.80 Å². The van der Waals surface area contributed by atoms with E-state index in [0.29, 0.717) is 0 Å². The number of hydrogen-bond acceptors (Lipinski definition) is 3. The van der Waals surface area contributed by atoms with E-state index in [-0.39, 0.29) is 0 Å². The molecule has 0 radical (unpaired) electrons. The highest BCUT2D eigenvalue weighted by molar-refractivity contribution is 7.27. The number of rotatable bonds is 9. The lowest BCUT2D eigenvalue weighted by Gasteiger charge is -2.34. The number of anilines is 6. The van der Waals surface area contributed by atoms with E-state index in [4.69, 9.17) is 0 Å². The quantitative estimate of drug-likeness (QED) is 0.144. The summed E-state index contributed by atoms with van der Waals surface area (Å²) in [6.07, 6.45) is 0. The van der Waals surface area contributed by atoms with Gasteiger partial charge in [-0.25, -0.2) is 0 Å². The fourth-order valence-electron chi connectivity index (χ4n) is 8.67. The van der Waals surface area contributed by atoms with Crippen molar-refractivity contribution < 1.29 is 0 Å². The predicted octanol–water partition coefficient (Wildman–Crippen LogP) is 17.1. The summed E-state index contributed by atoms with van der Waals surface area (Å²) < 4.78 is 2.52. The fraction of sp³-hybridized carbons (Fsp3) is 0. The molecule has 10 aromatic carbocycles. The van der Waals surface area contributed by atoms with Gasteiger partial charge in [0.1, 0.15) is 0 Å². The maximum atomic E-state index is 2.47. The summed E-state index contributed by atoms with van der Waals surface area (Å²) in [5.41, 5.74) is 13.6. The van der Waals surface area contributed by atoms with Gasteiger partial charge >= 0.3 is 0 Å². The Morgan fingerprint density at radius 1 is 0.262 bits per heavy atom. The van der Waals surface area contributed by atoms with Gasteiger partial charge in [-0.2, -0.15) is 0 Å². The van der Waals surface area contributed by atoms with Gasteiger partial charge in [0, 0.05) is 38.2 Å². The number of hydrogen-bond donors (Lipinski definition) is 0. The molecule has 11 rings (SSSR count). The molecule has 0 saturated carbocycles. The molecule has 0 aliphatic heterocycles. The van der Waals surface area contributed by atoms with E-state index in [1.807, 2.05) is 11.3 Å². The summed E-state index contributed by atoms with van der Waals surface area (Å²) in [6.45, 7) is 0. The Morgan fingerprint density at radius 3 is 1.33 bits per heavy atom. The third-order valence-electron chi connectivity index (χ3n) is 11.6. The smallest absolute Gasteiger partial charge is 0.0883 e. The van der Waals surface area contributed by atoms with Crippen LogP contribution in [0.3, 0.4) is 0 Å². The summed E-state index contributed by atoms with van der Waals surface area (Å²) in [6, 6.07) is 87.9. The highest BCUT2D eigenvalue weighted by Crippen LogP contribution is 2.53. The van der Waals surface area contributed by atoms with Crippen LogP contribution in [0.2, 0.25) is 0 Å². The average molecular weight is 797 g/mol. The topological polar surface area (TPSA) is 6.48 Å². The monoisotopic (exact) mass is 796 g/mol. The predicted molar refractivity (Wildman–Crippen MR) is 263 cm³/mol. The molecule has 0 amide bonds. The van der Waals surface area contributed by atoms with Gasteiger partial charge in [0.05, 0.1) is 16.1 Å². The molecule has 0 aliphatic rings. The van der Waals surface area contributed by atoms with Crippen molar-refractivity contribution in [2.45, 2.75) is 0 Å². The molecular formula is C58H40N2S. The van der Waals surface area contributed by atoms with Crippen LogP contribution in [0.1, 0.15) is 0 Å². The molecule has 1 heterocycles. The van der Waals surface area contributed by atoms with Gasteiger partial charge in [0.2, 0.25) is 0 Å². The molecule has 0 spiro atoms. The first-order chi connectivity index (χ1) is 30.3. The minimum atomic E-state index is 1.07. The van der Waals surface area contributed by atoms with E-state index in [1.165, 1.54) is 58.8 Å². The summed E-state index contributed by atoms with van der Waals surface area (Å²) in [4.78, 5) is 4.92. The first-order valence-corrected chi connectivity index (χ1v) is 21.6. The first kappa shape index (κ1) is 36.4. The molecule has 288 valence electrons. The Balaban J connectivity index is 1.21. The van der Waals surface area contributed by atoms with E-state index < -0.39 is 0 Å². The van der Waals surface area contributed by atoms with Crippen molar-refractivity contribution in [3.8, 4) is 33.4 Å². The van der Waals surface area contributed by atoms with Crippen LogP contribution in [0, 0.1) is 0 Å². The third kappa shape index (κ3) is 6.81. The second kappa shape index (κ2) is 15.8. The second-order valence-electron chi connectivity index (χ2n) is 15.3. The van der Waals surface area contributed by atoms with Gasteiger partial charge in [-0.05, 0) is 98.8 Å². The molecule has 1 aromatic heterocycles. The van der Waals surface area contributed by atoms with Crippen molar-refractivity contribution in [1.82, 2.24) is 0 Å². The maximum Gasteiger partial charge on any atom is 0.0883 e. The molecule has 0 fully saturated rings. The van der Waals surface area contributed by atoms with Gasteiger partial charge in [0.25, 0.3) is 0 Å². The van der Waals surface area contributed by atoms with Crippen molar-refractivity contribution in [3.05, 3.63) is 243 Å². The lowest BCUT2D eigenvalue weighted by molar-refractivity contribution is 1.24. The maximum absolute atomic E-state index is 2.47. The van der Waals surface area contributed by atoms with Crippen LogP contribution in [-0.4, -0.2) is 0 Å². The molecular weight excluding hydrogens is 757 g/mol. The molecule has 11 aromatic rings. The summed E-state index contributed by atoms with van der Waals surface area (Å²) in [5.74, 6) is 0. The molecule has 61 heavy (non-hydrogen) atoms. The fourth-order valence-corrected chi connectivity index (χ4v) is 10.0. The highest BCUT2D eigenvalue weighted by Gasteiger charge is 2.27. The molecule has 0 aliphatic carbocycles. The zero-order valence-corrected chi connectivity index (χ0v) is 34.2. The number of benzene rings is 10. The van der Waals surface area contributed by atoms with Gasteiger partial charge in [0.15, 0.2) is 0 Å². The van der Waals surface area contributed by atoms with Gasteiger partial charge in [-0.3, -0.25) is 0 Å². The normalized spacial score (nSPS) is 11.3. The Kier molecular flexibility index (Phi) is 9.42. The summed E-state index contributed by atoms with van der Waals surface area (Å²) in [5, 5.41) is 5.03. The number of fused-ring (bicyclic) bond motifs is 5. The van der Waals surface area contributed by atoms with Crippen LogP contribution in [0.4, 0.5) is 34.1 Å². The second-order valence-corrected chi connectivity index (χ2v) is 16.3. The molecule has 0 saturated heterocycles. The molecule has 0 unspecified atom stereocenters. The van der Waals surface area contributed by atoms with Crippen LogP contribution >= 0.6 is 11.3 Å². The van der Waals surface area contributed by atoms with E-state index in [9.17, 15) is 0 Å². The Hall–Kier alpha value is -7.72. The molecule has 3 heteroatoms. The Labute approximate surface area is 360 Å². The first-order valence-electron chi connectivity index (χ1n) is 20.8. The highest BCUT2D eigenvalue weighted by atomic mass is 32.1. The van der Waals surface area contributed by atoms with Crippen molar-refractivity contribution in [3.63, 3.8) is 0 Å². The van der Waals surface area contributed by atoms with Crippen LogP contribution < -0.4 is 9.80 Å². The minimum Gasteiger partial charge on any atom is -0.308 e. The van der Waals surface area contributed by atoms with E-state index in [2.05, 4.69) is 252 Å². The summed E-state index contributed by atoms with van der Waals surface area (Å²) >= 11 is 1.89. The van der Waals surface area contributed by atoms with E-state index >= 15 is 0 Å². The van der Waals surface area contributed by atoms with Gasteiger partial charge < -0.3 is 9.80 Å². The molecule has 2 nitrogen and oxygen atoms in total. The Morgan fingerprint density at radius 2 is 0.705 bits per heavy atom. The van der Waals surface area contributed by atoms with Crippen molar-refractivity contribution in [2.24, 2.45) is 0 Å². The number of nitrogens with zero attached hydrogens (tertiary/aromatic N) is 2. The van der Waals surface area contributed by atoms with Crippen LogP contribution in [-0.2, 0) is 0 Å². The standard InChI is InChI=1S/C58H40N2S/c1-5-16-41(17-6-1)44-28-33-49(34-29-44)59(51-26-15-23-47(40-51)43-20-9-3-10-21-43)55-39-38-54-53-37-32-46-22-13-14-27-52(46)57(53)61-58(54)56(55)60(48-24-11-4-12-25-48)50-35-30-45(31-36-50)42-18-7-2-8-19-42/h1-40H. The van der Waals surface area contributed by atoms with Crippen LogP contribution in [0.5, 0.6) is 0 Å². The largest absolute Gasteiger partial charge is 0.308 e. The lowest BCUT2D eigenvalue weighted by Crippen LogP contribution is -2.17. The zero-order valence-electron chi connectivity index (χ0n) is 33.4. The molecule has 0 N–H and O–H groups in total. The SMILES string of the molecule is c1ccc(-c2ccc(N(c3cccc(-c4ccccc4)c3)c3ccc4c(sc5c6ccccc6ccc45)c3N(c3ccccc3)c3ccc(-c4ccccc4)cc3)cc2)cc1. The average Bonchev–Trinajstić information content (AvgIpc) is 3.73. The lowest BCUT2D eigenvalue weighted by atomic mass is 10.0. The van der Waals surface area contributed by atoms with Gasteiger partial charge in [-0.15, -0.1) is 11.3 Å². The van der Waals surface area contributed by atoms with Crippen LogP contribution in [0.15, 0.2) is 243 Å². The van der Waals surface area contributed by atoms with E-state index in [1.54, 1.807) is 0 Å². The van der Waals surface area contributed by atoms with Crippen LogP contribution in [0.25, 0.3) is 64.3 Å². The third-order valence-corrected chi connectivity index (χ3v) is 12.9. The Bertz CT molecular complexity index is 3270. The van der Waals surface area contributed by atoms with Crippen molar-refractivity contribution >= 4 is 76.4 Å². The summed E-state index contributed by atoms with van der Waals surface area (Å²) in [7, 11) is 0. The number of para-hydroxylation sites is 1. The van der Waals surface area contributed by atoms with Crippen molar-refractivity contribution in [1.29, 1.82) is 0 Å². The minimum absolute atomic E-state index is 1.07. The zero-order chi connectivity index (χ0) is 40.5.